The molecule has 2 aliphatic rings. The number of amides is 1. The molecule has 12 heteroatoms. The van der Waals surface area contributed by atoms with Crippen LogP contribution in [0.5, 0.6) is 0 Å². The zero-order valence-electron chi connectivity index (χ0n) is 23.4. The number of carbonyl (C=O) groups excluding carboxylic acids is 1. The number of hydrogen-bond acceptors (Lipinski definition) is 7. The van der Waals surface area contributed by atoms with Crippen LogP contribution in [-0.4, -0.2) is 74.9 Å². The SMILES string of the molecule is C=C(C#Cc1nn(C2CC2)c2ncncc12)C=N/C=C(\C)C(=O)Nc1ccc(CN2CCN(C)CC2)c(C(F)(F)F)c1. The number of hydrogen-bond donors (Lipinski definition) is 1. The summed E-state index contributed by atoms with van der Waals surface area (Å²) in [4.78, 5) is 29.3. The number of nitrogens with one attached hydrogen (secondary N) is 1. The average Bonchev–Trinajstić information content (AvgIpc) is 3.74. The molecule has 9 nitrogen and oxygen atoms in total. The number of aromatic nitrogens is 4. The first-order valence-corrected chi connectivity index (χ1v) is 13.6. The fourth-order valence-corrected chi connectivity index (χ4v) is 4.55. The van der Waals surface area contributed by atoms with E-state index in [2.05, 4.69) is 48.7 Å². The Kier molecular flexibility index (Phi) is 8.51. The van der Waals surface area contributed by atoms with Crippen LogP contribution in [0.4, 0.5) is 18.9 Å². The normalized spacial score (nSPS) is 16.9. The predicted octanol–water partition coefficient (Wildman–Crippen LogP) is 4.45. The second-order valence-corrected chi connectivity index (χ2v) is 10.6. The fourth-order valence-electron chi connectivity index (χ4n) is 4.55. The number of benzene rings is 1. The molecule has 1 saturated heterocycles. The van der Waals surface area contributed by atoms with Crippen molar-refractivity contribution in [1.82, 2.24) is 29.5 Å². The number of allylic oxidation sites excluding steroid dienone is 1. The summed E-state index contributed by atoms with van der Waals surface area (Å²) in [6, 6.07) is 4.24. The van der Waals surface area contributed by atoms with Gasteiger partial charge in [0.25, 0.3) is 5.91 Å². The van der Waals surface area contributed by atoms with Gasteiger partial charge in [0.05, 0.1) is 17.0 Å². The smallest absolute Gasteiger partial charge is 0.322 e. The van der Waals surface area contributed by atoms with Crippen LogP contribution < -0.4 is 5.32 Å². The summed E-state index contributed by atoms with van der Waals surface area (Å²) in [5.74, 6) is 5.31. The third kappa shape index (κ3) is 7.10. The topological polar surface area (TPSA) is 91.5 Å². The maximum Gasteiger partial charge on any atom is 0.416 e. The van der Waals surface area contributed by atoms with Crippen molar-refractivity contribution in [1.29, 1.82) is 0 Å². The number of likely N-dealkylation sites (N-methyl/N-ethyl adjacent to an activating group) is 1. The molecule has 2 fully saturated rings. The van der Waals surface area contributed by atoms with E-state index >= 15 is 0 Å². The van der Waals surface area contributed by atoms with Gasteiger partial charge in [-0.05, 0) is 50.4 Å². The zero-order valence-corrected chi connectivity index (χ0v) is 23.4. The summed E-state index contributed by atoms with van der Waals surface area (Å²) in [5, 5.41) is 7.86. The lowest BCUT2D eigenvalue weighted by Gasteiger charge is -2.33. The number of alkyl halides is 3. The lowest BCUT2D eigenvalue weighted by atomic mass is 10.0. The maximum absolute atomic E-state index is 13.9. The van der Waals surface area contributed by atoms with Crippen molar-refractivity contribution < 1.29 is 18.0 Å². The van der Waals surface area contributed by atoms with E-state index in [0.29, 0.717) is 30.4 Å². The Morgan fingerprint density at radius 2 is 2.00 bits per heavy atom. The first-order chi connectivity index (χ1) is 20.1. The predicted molar refractivity (Wildman–Crippen MR) is 155 cm³/mol. The molecule has 0 bridgehead atoms. The van der Waals surface area contributed by atoms with Crippen molar-refractivity contribution in [3.8, 4) is 11.8 Å². The van der Waals surface area contributed by atoms with Gasteiger partial charge in [-0.2, -0.15) is 18.3 Å². The van der Waals surface area contributed by atoms with Crippen LogP contribution >= 0.6 is 0 Å². The van der Waals surface area contributed by atoms with Crippen molar-refractivity contribution >= 4 is 28.8 Å². The molecule has 1 amide bonds. The highest BCUT2D eigenvalue weighted by molar-refractivity contribution is 6.03. The third-order valence-corrected chi connectivity index (χ3v) is 7.12. The fraction of sp³-hybridized carbons (Fsp3) is 0.367. The molecule has 3 aromatic rings. The van der Waals surface area contributed by atoms with Crippen molar-refractivity contribution in [2.45, 2.75) is 38.5 Å². The van der Waals surface area contributed by atoms with Gasteiger partial charge in [-0.1, -0.05) is 18.6 Å². The summed E-state index contributed by atoms with van der Waals surface area (Å²) < 4.78 is 43.5. The lowest BCUT2D eigenvalue weighted by molar-refractivity contribution is -0.138. The Hall–Kier alpha value is -4.34. The highest BCUT2D eigenvalue weighted by atomic mass is 19.4. The minimum absolute atomic E-state index is 0.0586. The first-order valence-electron chi connectivity index (χ1n) is 13.6. The van der Waals surface area contributed by atoms with Crippen molar-refractivity contribution in [2.24, 2.45) is 4.99 Å². The number of carbonyl (C=O) groups is 1. The number of fused-ring (bicyclic) bond motifs is 1. The van der Waals surface area contributed by atoms with Gasteiger partial charge in [0.2, 0.25) is 0 Å². The largest absolute Gasteiger partial charge is 0.416 e. The van der Waals surface area contributed by atoms with Crippen LogP contribution in [0.15, 0.2) is 59.6 Å². The molecule has 1 aliphatic heterocycles. The van der Waals surface area contributed by atoms with Gasteiger partial charge in [0.15, 0.2) is 5.65 Å². The molecule has 218 valence electrons. The van der Waals surface area contributed by atoms with E-state index in [-0.39, 0.29) is 23.4 Å². The quantitative estimate of drug-likeness (QED) is 0.254. The third-order valence-electron chi connectivity index (χ3n) is 7.12. The molecule has 0 spiro atoms. The zero-order chi connectivity index (χ0) is 29.9. The van der Waals surface area contributed by atoms with Crippen LogP contribution in [-0.2, 0) is 17.5 Å². The van der Waals surface area contributed by atoms with Crippen molar-refractivity contribution in [2.75, 3.05) is 38.5 Å². The summed E-state index contributed by atoms with van der Waals surface area (Å²) in [5.41, 5.74) is 1.36. The van der Waals surface area contributed by atoms with Gasteiger partial charge in [-0.15, -0.1) is 0 Å². The van der Waals surface area contributed by atoms with Gasteiger partial charge >= 0.3 is 6.18 Å². The molecule has 5 rings (SSSR count). The molecule has 1 aliphatic carbocycles. The highest BCUT2D eigenvalue weighted by Crippen LogP contribution is 2.37. The number of nitrogens with zero attached hydrogens (tertiary/aromatic N) is 7. The van der Waals surface area contributed by atoms with E-state index in [9.17, 15) is 18.0 Å². The molecule has 0 atom stereocenters. The number of piperazine rings is 1. The summed E-state index contributed by atoms with van der Waals surface area (Å²) in [6.07, 6.45) is 3.42. The molecule has 1 saturated carbocycles. The van der Waals surface area contributed by atoms with Crippen LogP contribution in [0.1, 0.15) is 42.6 Å². The minimum Gasteiger partial charge on any atom is -0.322 e. The van der Waals surface area contributed by atoms with Crippen LogP contribution in [0.2, 0.25) is 0 Å². The first kappa shape index (κ1) is 29.2. The Morgan fingerprint density at radius 3 is 2.71 bits per heavy atom. The van der Waals surface area contributed by atoms with Gasteiger partial charge in [-0.25, -0.2) is 14.6 Å². The molecule has 0 radical (unpaired) electrons. The lowest BCUT2D eigenvalue weighted by Crippen LogP contribution is -2.44. The number of anilines is 1. The second kappa shape index (κ2) is 12.3. The Morgan fingerprint density at radius 1 is 1.24 bits per heavy atom. The van der Waals surface area contributed by atoms with Crippen molar-refractivity contribution in [3.63, 3.8) is 0 Å². The molecular formula is C30H31F3N8O. The second-order valence-electron chi connectivity index (χ2n) is 10.6. The average molecular weight is 577 g/mol. The number of halogens is 3. The molecule has 2 aromatic heterocycles. The maximum atomic E-state index is 13.9. The van der Waals surface area contributed by atoms with E-state index in [1.807, 2.05) is 16.6 Å². The molecule has 42 heavy (non-hydrogen) atoms. The molecule has 0 unspecified atom stereocenters. The summed E-state index contributed by atoms with van der Waals surface area (Å²) in [6.45, 7) is 8.60. The van der Waals surface area contributed by atoms with Gasteiger partial charge < -0.3 is 10.2 Å². The number of rotatable bonds is 7. The molecule has 1 aromatic carbocycles. The standard InChI is InChI=1S/C30H31F3N8O/c1-20(4-9-27-25-17-35-19-36-28(25)41(38-27)24-7-8-24)15-34-16-21(2)29(42)37-23-6-5-22(26(14-23)30(31,32)33)18-40-12-10-39(3)11-13-40/h5-6,14-17,19,24H,1,7-8,10-13,18H2,2-3H3,(H,37,42)/b21-16+,34-15?. The van der Waals surface area contributed by atoms with Gasteiger partial charge in [0, 0.05) is 68.2 Å². The Bertz CT molecular complexity index is 1620. The van der Waals surface area contributed by atoms with E-state index in [4.69, 9.17) is 0 Å². The van der Waals surface area contributed by atoms with Crippen molar-refractivity contribution in [3.05, 3.63) is 71.5 Å². The molecular weight excluding hydrogens is 545 g/mol. The summed E-state index contributed by atoms with van der Waals surface area (Å²) >= 11 is 0. The minimum atomic E-state index is -4.55. The van der Waals surface area contributed by atoms with E-state index < -0.39 is 17.6 Å². The van der Waals surface area contributed by atoms with Gasteiger partial charge in [0.1, 0.15) is 12.0 Å². The number of aliphatic imine (C=N–C) groups is 1. The molecule has 3 heterocycles. The van der Waals surface area contributed by atoms with E-state index in [0.717, 1.165) is 43.0 Å². The Balaban J connectivity index is 1.22. The van der Waals surface area contributed by atoms with Gasteiger partial charge in [-0.3, -0.25) is 14.7 Å². The Labute approximate surface area is 241 Å². The van der Waals surface area contributed by atoms with Crippen LogP contribution in [0.3, 0.4) is 0 Å². The molecule has 1 N–H and O–H groups in total. The van der Waals surface area contributed by atoms with Crippen LogP contribution in [0.25, 0.3) is 11.0 Å². The highest BCUT2D eigenvalue weighted by Gasteiger charge is 2.34. The summed E-state index contributed by atoms with van der Waals surface area (Å²) in [7, 11) is 1.99. The van der Waals surface area contributed by atoms with Crippen LogP contribution in [0, 0.1) is 11.8 Å². The van der Waals surface area contributed by atoms with E-state index in [1.54, 1.807) is 6.20 Å². The monoisotopic (exact) mass is 576 g/mol. The van der Waals surface area contributed by atoms with E-state index in [1.165, 1.54) is 37.8 Å².